The zero-order valence-corrected chi connectivity index (χ0v) is 40.8. The standard InChI is InChI=1S/C50H96NO8P/c1-6-8-10-12-14-16-18-20-22-23-24-25-26-27-29-31-33-35-37-39-41-43-50(53)59-48(47-58-60(54,55)57-45-44-51(3,4)5)46-56-49(52)42-40-38-36-34-32-30-28-21-19-17-15-13-11-9-7-2/h15,17,21,28,48H,6-14,16,18-20,22-27,29-47H2,1-5H3/b17-15-,28-21-/t48-/m1/s1. The molecule has 0 amide bonds. The van der Waals surface area contributed by atoms with E-state index >= 15 is 0 Å². The number of phosphoric ester groups is 1. The fourth-order valence-corrected chi connectivity index (χ4v) is 7.77. The Bertz CT molecular complexity index is 1070. The number of esters is 2. The van der Waals surface area contributed by atoms with Crippen LogP contribution >= 0.6 is 7.82 Å². The van der Waals surface area contributed by atoms with E-state index in [1.807, 2.05) is 21.1 Å². The summed E-state index contributed by atoms with van der Waals surface area (Å²) in [6, 6.07) is 0. The molecule has 0 radical (unpaired) electrons. The molecule has 0 spiro atoms. The van der Waals surface area contributed by atoms with E-state index in [2.05, 4.69) is 38.2 Å². The average molecular weight is 870 g/mol. The Balaban J connectivity index is 4.24. The zero-order valence-electron chi connectivity index (χ0n) is 39.9. The molecule has 0 aromatic carbocycles. The van der Waals surface area contributed by atoms with Crippen LogP contribution in [-0.4, -0.2) is 70.0 Å². The van der Waals surface area contributed by atoms with Crippen molar-refractivity contribution in [3.8, 4) is 0 Å². The highest BCUT2D eigenvalue weighted by molar-refractivity contribution is 7.45. The van der Waals surface area contributed by atoms with Crippen molar-refractivity contribution in [1.29, 1.82) is 0 Å². The Labute approximate surface area is 370 Å². The van der Waals surface area contributed by atoms with Crippen molar-refractivity contribution in [3.05, 3.63) is 24.3 Å². The Kier molecular flexibility index (Phi) is 41.7. The molecule has 0 bridgehead atoms. The fraction of sp³-hybridized carbons (Fsp3) is 0.880. The average Bonchev–Trinajstić information content (AvgIpc) is 3.20. The lowest BCUT2D eigenvalue weighted by Gasteiger charge is -2.28. The van der Waals surface area contributed by atoms with Crippen LogP contribution in [0.2, 0.25) is 0 Å². The van der Waals surface area contributed by atoms with Gasteiger partial charge in [0, 0.05) is 12.8 Å². The van der Waals surface area contributed by atoms with Crippen molar-refractivity contribution in [1.82, 2.24) is 0 Å². The smallest absolute Gasteiger partial charge is 0.306 e. The van der Waals surface area contributed by atoms with Gasteiger partial charge >= 0.3 is 11.9 Å². The molecule has 1 unspecified atom stereocenters. The van der Waals surface area contributed by atoms with Gasteiger partial charge in [0.25, 0.3) is 7.82 Å². The van der Waals surface area contributed by atoms with Gasteiger partial charge in [-0.3, -0.25) is 14.2 Å². The Morgan fingerprint density at radius 2 is 0.900 bits per heavy atom. The summed E-state index contributed by atoms with van der Waals surface area (Å²) in [4.78, 5) is 37.7. The van der Waals surface area contributed by atoms with Gasteiger partial charge in [-0.2, -0.15) is 0 Å². The summed E-state index contributed by atoms with van der Waals surface area (Å²) in [7, 11) is 1.17. The lowest BCUT2D eigenvalue weighted by molar-refractivity contribution is -0.870. The molecule has 0 N–H and O–H groups in total. The van der Waals surface area contributed by atoms with Crippen LogP contribution in [0.15, 0.2) is 24.3 Å². The van der Waals surface area contributed by atoms with Crippen molar-refractivity contribution < 1.29 is 42.1 Å². The highest BCUT2D eigenvalue weighted by Crippen LogP contribution is 2.38. The largest absolute Gasteiger partial charge is 0.756 e. The van der Waals surface area contributed by atoms with E-state index in [1.165, 1.54) is 141 Å². The van der Waals surface area contributed by atoms with E-state index in [1.54, 1.807) is 0 Å². The predicted molar refractivity (Wildman–Crippen MR) is 250 cm³/mol. The molecule has 0 aromatic heterocycles. The Morgan fingerprint density at radius 3 is 1.35 bits per heavy atom. The summed E-state index contributed by atoms with van der Waals surface area (Å²) in [5.41, 5.74) is 0. The second kappa shape index (κ2) is 42.8. The predicted octanol–water partition coefficient (Wildman–Crippen LogP) is 14.1. The van der Waals surface area contributed by atoms with Crippen LogP contribution < -0.4 is 4.89 Å². The molecule has 0 rings (SSSR count). The number of nitrogens with zero attached hydrogens (tertiary/aromatic N) is 1. The third-order valence-corrected chi connectivity index (χ3v) is 11.9. The van der Waals surface area contributed by atoms with Crippen LogP contribution in [0.4, 0.5) is 0 Å². The molecule has 60 heavy (non-hydrogen) atoms. The topological polar surface area (TPSA) is 111 Å². The van der Waals surface area contributed by atoms with Crippen LogP contribution in [0.3, 0.4) is 0 Å². The minimum absolute atomic E-state index is 0.0310. The first-order chi connectivity index (χ1) is 29.0. The van der Waals surface area contributed by atoms with Crippen molar-refractivity contribution in [3.63, 3.8) is 0 Å². The van der Waals surface area contributed by atoms with Crippen LogP contribution in [0.25, 0.3) is 0 Å². The van der Waals surface area contributed by atoms with Crippen LogP contribution in [-0.2, 0) is 32.7 Å². The number of likely N-dealkylation sites (N-methyl/N-ethyl adjacent to an activating group) is 1. The van der Waals surface area contributed by atoms with Gasteiger partial charge in [0.05, 0.1) is 27.7 Å². The number of carbonyl (C=O) groups is 2. The van der Waals surface area contributed by atoms with Crippen molar-refractivity contribution in [2.24, 2.45) is 0 Å². The summed E-state index contributed by atoms with van der Waals surface area (Å²) in [6.45, 7) is 4.22. The highest BCUT2D eigenvalue weighted by Gasteiger charge is 2.21. The van der Waals surface area contributed by atoms with Crippen LogP contribution in [0, 0.1) is 0 Å². The van der Waals surface area contributed by atoms with E-state index in [-0.39, 0.29) is 26.1 Å². The Morgan fingerprint density at radius 1 is 0.517 bits per heavy atom. The molecule has 0 saturated heterocycles. The number of hydrogen-bond donors (Lipinski definition) is 0. The number of rotatable bonds is 46. The summed E-state index contributed by atoms with van der Waals surface area (Å²) >= 11 is 0. The van der Waals surface area contributed by atoms with Crippen molar-refractivity contribution >= 4 is 19.8 Å². The molecule has 0 aliphatic heterocycles. The monoisotopic (exact) mass is 870 g/mol. The Hall–Kier alpha value is -1.51. The molecule has 10 heteroatoms. The molecular formula is C50H96NO8P. The zero-order chi connectivity index (χ0) is 44.3. The SMILES string of the molecule is CCCCC/C=C\C/C=C\CCCCCCCC(=O)OC[C@H](COP(=O)([O-])OCC[N+](C)(C)C)OC(=O)CCCCCCCCCCCCCCCCCCCCCCC. The van der Waals surface area contributed by atoms with Gasteiger partial charge in [0.15, 0.2) is 6.10 Å². The lowest BCUT2D eigenvalue weighted by Crippen LogP contribution is -2.37. The first-order valence-corrected chi connectivity index (χ1v) is 26.5. The molecule has 0 heterocycles. The minimum atomic E-state index is -4.63. The lowest BCUT2D eigenvalue weighted by atomic mass is 10.0. The van der Waals surface area contributed by atoms with E-state index in [4.69, 9.17) is 18.5 Å². The maximum Gasteiger partial charge on any atom is 0.306 e. The summed E-state index contributed by atoms with van der Waals surface area (Å²) < 4.78 is 34.0. The normalized spacial score (nSPS) is 13.6. The van der Waals surface area contributed by atoms with Gasteiger partial charge in [-0.1, -0.05) is 199 Å². The van der Waals surface area contributed by atoms with Gasteiger partial charge in [-0.05, 0) is 44.9 Å². The molecule has 0 aromatic rings. The van der Waals surface area contributed by atoms with Gasteiger partial charge in [-0.25, -0.2) is 0 Å². The van der Waals surface area contributed by atoms with Crippen LogP contribution in [0.5, 0.6) is 0 Å². The van der Waals surface area contributed by atoms with Crippen molar-refractivity contribution in [2.75, 3.05) is 47.5 Å². The van der Waals surface area contributed by atoms with E-state index in [0.717, 1.165) is 51.4 Å². The quantitative estimate of drug-likeness (QED) is 0.0195. The molecule has 9 nitrogen and oxygen atoms in total. The summed E-state index contributed by atoms with van der Waals surface area (Å²) in [5, 5.41) is 0. The van der Waals surface area contributed by atoms with E-state index in [9.17, 15) is 19.0 Å². The molecule has 354 valence electrons. The number of carbonyl (C=O) groups excluding carboxylic acids is 2. The van der Waals surface area contributed by atoms with Gasteiger partial charge in [0.2, 0.25) is 0 Å². The maximum absolute atomic E-state index is 12.7. The fourth-order valence-electron chi connectivity index (χ4n) is 7.04. The second-order valence-electron chi connectivity index (χ2n) is 18.2. The van der Waals surface area contributed by atoms with Gasteiger partial charge in [0.1, 0.15) is 19.8 Å². The van der Waals surface area contributed by atoms with E-state index < -0.39 is 32.5 Å². The number of phosphoric acid groups is 1. The molecular weight excluding hydrogens is 774 g/mol. The number of unbranched alkanes of at least 4 members (excludes halogenated alkanes) is 28. The molecule has 0 aliphatic rings. The summed E-state index contributed by atoms with van der Waals surface area (Å²) in [5.74, 6) is -0.839. The molecule has 0 aliphatic carbocycles. The summed E-state index contributed by atoms with van der Waals surface area (Å²) in [6.07, 6.45) is 47.8. The van der Waals surface area contributed by atoms with E-state index in [0.29, 0.717) is 23.9 Å². The molecule has 0 saturated carbocycles. The first kappa shape index (κ1) is 58.5. The number of hydrogen-bond acceptors (Lipinski definition) is 8. The number of quaternary nitrogens is 1. The minimum Gasteiger partial charge on any atom is -0.756 e. The molecule has 2 atom stereocenters. The number of ether oxygens (including phenoxy) is 2. The van der Waals surface area contributed by atoms with Crippen LogP contribution in [0.1, 0.15) is 232 Å². The number of allylic oxidation sites excluding steroid dienone is 4. The maximum atomic E-state index is 12.7. The second-order valence-corrected chi connectivity index (χ2v) is 19.6. The third kappa shape index (κ3) is 46.0. The van der Waals surface area contributed by atoms with Crippen molar-refractivity contribution in [2.45, 2.75) is 238 Å². The third-order valence-electron chi connectivity index (χ3n) is 11.0. The first-order valence-electron chi connectivity index (χ1n) is 25.0. The van der Waals surface area contributed by atoms with Gasteiger partial charge < -0.3 is 27.9 Å². The molecule has 0 fully saturated rings. The highest BCUT2D eigenvalue weighted by atomic mass is 31.2. The van der Waals surface area contributed by atoms with Gasteiger partial charge in [-0.15, -0.1) is 0 Å².